The largest absolute Gasteiger partial charge is 0.393 e. The van der Waals surface area contributed by atoms with Gasteiger partial charge in [-0.1, -0.05) is 11.6 Å². The molecule has 0 spiro atoms. The lowest BCUT2D eigenvalue weighted by molar-refractivity contribution is 0.0618. The first kappa shape index (κ1) is 21.2. The molecule has 160 valence electrons. The van der Waals surface area contributed by atoms with Crippen LogP contribution in [0.25, 0.3) is 0 Å². The highest BCUT2D eigenvalue weighted by Gasteiger charge is 2.46. The number of hydrogen-bond donors (Lipinski definition) is 2. The van der Waals surface area contributed by atoms with Crippen molar-refractivity contribution in [3.63, 3.8) is 0 Å². The van der Waals surface area contributed by atoms with Gasteiger partial charge in [0.15, 0.2) is 21.5 Å². The van der Waals surface area contributed by atoms with E-state index in [-0.39, 0.29) is 33.0 Å². The van der Waals surface area contributed by atoms with Crippen molar-refractivity contribution in [2.24, 2.45) is 11.8 Å². The van der Waals surface area contributed by atoms with E-state index in [4.69, 9.17) is 11.6 Å². The number of amides is 1. The molecule has 0 radical (unpaired) electrons. The van der Waals surface area contributed by atoms with Crippen molar-refractivity contribution in [2.75, 3.05) is 5.32 Å². The molecule has 0 heterocycles. The lowest BCUT2D eigenvalue weighted by Gasteiger charge is -2.32. The van der Waals surface area contributed by atoms with Gasteiger partial charge >= 0.3 is 0 Å². The first-order valence-electron chi connectivity index (χ1n) is 9.64. The molecule has 9 heteroatoms. The van der Waals surface area contributed by atoms with Crippen molar-refractivity contribution in [1.29, 1.82) is 0 Å². The maximum absolute atomic E-state index is 13.4. The van der Waals surface area contributed by atoms with Gasteiger partial charge in [-0.3, -0.25) is 4.79 Å². The van der Waals surface area contributed by atoms with Crippen molar-refractivity contribution in [2.45, 2.75) is 41.9 Å². The quantitative estimate of drug-likeness (QED) is 0.724. The smallest absolute Gasteiger partial charge is 0.255 e. The second-order valence-electron chi connectivity index (χ2n) is 7.95. The molecule has 30 heavy (non-hydrogen) atoms. The Balaban J connectivity index is 1.59. The van der Waals surface area contributed by atoms with E-state index in [1.54, 1.807) is 0 Å². The summed E-state index contributed by atoms with van der Waals surface area (Å²) in [5, 5.41) is 11.9. The molecule has 0 saturated heterocycles. The minimum Gasteiger partial charge on any atom is -0.393 e. The summed E-state index contributed by atoms with van der Waals surface area (Å²) in [6, 6.07) is 6.83. The molecule has 4 rings (SSSR count). The van der Waals surface area contributed by atoms with Crippen LogP contribution in [0.2, 0.25) is 5.02 Å². The summed E-state index contributed by atoms with van der Waals surface area (Å²) in [6.07, 6.45) is 1.88. The molecule has 1 unspecified atom stereocenters. The van der Waals surface area contributed by atoms with Gasteiger partial charge < -0.3 is 10.4 Å². The summed E-state index contributed by atoms with van der Waals surface area (Å²) < 4.78 is 52.9. The van der Waals surface area contributed by atoms with Crippen LogP contribution in [0, 0.1) is 23.5 Å². The Morgan fingerprint density at radius 1 is 1.03 bits per heavy atom. The Kier molecular flexibility index (Phi) is 5.59. The summed E-state index contributed by atoms with van der Waals surface area (Å²) in [6.45, 7) is 0. The average molecular weight is 456 g/mol. The summed E-state index contributed by atoms with van der Waals surface area (Å²) in [7, 11) is -3.82. The number of carbonyl (C=O) groups is 1. The molecule has 1 amide bonds. The van der Waals surface area contributed by atoms with Crippen molar-refractivity contribution in [3.05, 3.63) is 58.6 Å². The van der Waals surface area contributed by atoms with Crippen LogP contribution in [0.4, 0.5) is 14.5 Å². The first-order chi connectivity index (χ1) is 14.2. The number of aliphatic hydroxyl groups excluding tert-OH is 1. The van der Waals surface area contributed by atoms with E-state index in [2.05, 4.69) is 5.32 Å². The fourth-order valence-corrected chi connectivity index (χ4v) is 6.94. The SMILES string of the molecule is O=C(Nc1ccc(F)c(F)c1)c1ccc(Cl)c(S(=O)(=O)[C@@H]2CC3CC[C@@H](C2)[C@@H]3O)c1. The van der Waals surface area contributed by atoms with Crippen molar-refractivity contribution < 1.29 is 27.1 Å². The van der Waals surface area contributed by atoms with Gasteiger partial charge in [0.2, 0.25) is 0 Å². The third-order valence-corrected chi connectivity index (χ3v) is 8.78. The van der Waals surface area contributed by atoms with Crippen molar-refractivity contribution in [3.8, 4) is 0 Å². The molecule has 5 nitrogen and oxygen atoms in total. The molecule has 2 saturated carbocycles. The molecule has 2 aliphatic carbocycles. The molecule has 2 bridgehead atoms. The van der Waals surface area contributed by atoms with Crippen LogP contribution in [0.1, 0.15) is 36.0 Å². The number of sulfone groups is 1. The summed E-state index contributed by atoms with van der Waals surface area (Å²) in [4.78, 5) is 12.4. The Labute approximate surface area is 178 Å². The number of rotatable bonds is 4. The lowest BCUT2D eigenvalue weighted by Crippen LogP contribution is -2.37. The molecule has 2 fully saturated rings. The van der Waals surface area contributed by atoms with Crippen LogP contribution in [-0.2, 0) is 9.84 Å². The topological polar surface area (TPSA) is 83.5 Å². The maximum Gasteiger partial charge on any atom is 0.255 e. The fraction of sp³-hybridized carbons (Fsp3) is 0.381. The molecular weight excluding hydrogens is 436 g/mol. The van der Waals surface area contributed by atoms with E-state index < -0.39 is 38.7 Å². The van der Waals surface area contributed by atoms with Crippen LogP contribution < -0.4 is 5.32 Å². The number of nitrogens with one attached hydrogen (secondary N) is 1. The third kappa shape index (κ3) is 3.84. The Hall–Kier alpha value is -2.03. The normalized spacial score (nSPS) is 25.9. The van der Waals surface area contributed by atoms with E-state index in [1.165, 1.54) is 24.3 Å². The second-order valence-corrected chi connectivity index (χ2v) is 10.6. The van der Waals surface area contributed by atoms with Crippen LogP contribution in [0.5, 0.6) is 0 Å². The number of fused-ring (bicyclic) bond motifs is 2. The van der Waals surface area contributed by atoms with Gasteiger partial charge in [-0.25, -0.2) is 17.2 Å². The number of hydrogen-bond acceptors (Lipinski definition) is 4. The fourth-order valence-electron chi connectivity index (χ4n) is 4.51. The highest BCUT2D eigenvalue weighted by Crippen LogP contribution is 2.46. The Bertz CT molecular complexity index is 1090. The molecule has 2 aliphatic rings. The molecule has 0 aromatic heterocycles. The standard InChI is InChI=1S/C21H20ClF2NO4S/c22-16-5-3-13(21(27)25-14-4-6-17(23)18(24)10-14)9-19(16)30(28,29)15-7-11-1-2-12(8-15)20(11)26/h3-6,9-12,15,20,26H,1-2,7-8H2,(H,25,27)/t11-,12?,15-,20-/m0/s1. The minimum atomic E-state index is -3.82. The van der Waals surface area contributed by atoms with Crippen LogP contribution in [0.15, 0.2) is 41.3 Å². The van der Waals surface area contributed by atoms with Gasteiger partial charge in [-0.2, -0.15) is 0 Å². The van der Waals surface area contributed by atoms with Crippen LogP contribution in [0.3, 0.4) is 0 Å². The number of carbonyl (C=O) groups excluding carboxylic acids is 1. The zero-order valence-corrected chi connectivity index (χ0v) is 17.4. The van der Waals surface area contributed by atoms with Crippen molar-refractivity contribution >= 4 is 33.0 Å². The van der Waals surface area contributed by atoms with Gasteiger partial charge in [-0.05, 0) is 67.9 Å². The van der Waals surface area contributed by atoms with Gasteiger partial charge in [0.1, 0.15) is 0 Å². The molecule has 2 aromatic carbocycles. The number of halogens is 3. The van der Waals surface area contributed by atoms with Gasteiger partial charge in [-0.15, -0.1) is 0 Å². The van der Waals surface area contributed by atoms with Gasteiger partial charge in [0.25, 0.3) is 5.91 Å². The van der Waals surface area contributed by atoms with E-state index in [0.717, 1.165) is 25.0 Å². The zero-order valence-electron chi connectivity index (χ0n) is 15.8. The lowest BCUT2D eigenvalue weighted by atomic mass is 9.86. The Morgan fingerprint density at radius 3 is 2.33 bits per heavy atom. The second kappa shape index (κ2) is 7.90. The average Bonchev–Trinajstić information content (AvgIpc) is 2.91. The first-order valence-corrected chi connectivity index (χ1v) is 11.6. The van der Waals surface area contributed by atoms with Gasteiger partial charge in [0.05, 0.1) is 21.3 Å². The molecule has 2 aromatic rings. The maximum atomic E-state index is 13.4. The predicted octanol–water partition coefficient (Wildman–Crippen LogP) is 4.19. The zero-order chi connectivity index (χ0) is 21.6. The van der Waals surface area contributed by atoms with E-state index in [9.17, 15) is 27.1 Å². The van der Waals surface area contributed by atoms with Gasteiger partial charge in [0, 0.05) is 17.3 Å². The predicted molar refractivity (Wildman–Crippen MR) is 108 cm³/mol. The highest BCUT2D eigenvalue weighted by molar-refractivity contribution is 7.92. The summed E-state index contributed by atoms with van der Waals surface area (Å²) >= 11 is 6.17. The van der Waals surface area contributed by atoms with Crippen LogP contribution in [-0.4, -0.2) is 30.8 Å². The van der Waals surface area contributed by atoms with Crippen molar-refractivity contribution in [1.82, 2.24) is 0 Å². The monoisotopic (exact) mass is 455 g/mol. The number of benzene rings is 2. The van der Waals surface area contributed by atoms with E-state index >= 15 is 0 Å². The number of aliphatic hydroxyl groups is 1. The third-order valence-electron chi connectivity index (χ3n) is 6.12. The molecule has 2 N–H and O–H groups in total. The van der Waals surface area contributed by atoms with Crippen LogP contribution >= 0.6 is 11.6 Å². The minimum absolute atomic E-state index is 0.0119. The van der Waals surface area contributed by atoms with E-state index in [0.29, 0.717) is 12.8 Å². The summed E-state index contributed by atoms with van der Waals surface area (Å²) in [5.41, 5.74) is 0.0672. The molecular formula is C21H20ClF2NO4S. The van der Waals surface area contributed by atoms with E-state index in [1.807, 2.05) is 0 Å². The number of anilines is 1. The molecule has 4 atom stereocenters. The highest BCUT2D eigenvalue weighted by atomic mass is 35.5. The molecule has 0 aliphatic heterocycles. The Morgan fingerprint density at radius 2 is 1.70 bits per heavy atom. The summed E-state index contributed by atoms with van der Waals surface area (Å²) in [5.74, 6) is -2.90.